The van der Waals surface area contributed by atoms with E-state index in [0.717, 1.165) is 21.7 Å². The molecule has 0 unspecified atom stereocenters. The summed E-state index contributed by atoms with van der Waals surface area (Å²) in [4.78, 5) is 29.0. The van der Waals surface area contributed by atoms with Crippen LogP contribution < -0.4 is 14.4 Å². The predicted molar refractivity (Wildman–Crippen MR) is 163 cm³/mol. The molecule has 0 aliphatic carbocycles. The number of nitrogens with zero attached hydrogens (tertiary/aromatic N) is 2. The lowest BCUT2D eigenvalue weighted by molar-refractivity contribution is -0.141. The van der Waals surface area contributed by atoms with Gasteiger partial charge in [-0.25, -0.2) is 12.8 Å². The number of methoxy groups -OCH3 is 1. The highest BCUT2D eigenvalue weighted by Gasteiger charge is 2.30. The van der Waals surface area contributed by atoms with Crippen molar-refractivity contribution in [1.82, 2.24) is 10.2 Å². The molecule has 0 fully saturated rings. The summed E-state index contributed by atoms with van der Waals surface area (Å²) in [7, 11) is -2.12. The summed E-state index contributed by atoms with van der Waals surface area (Å²) in [5, 5.41) is 2.99. The summed E-state index contributed by atoms with van der Waals surface area (Å²) in [6.07, 6.45) is 1.58. The quantitative estimate of drug-likeness (QED) is 0.272. The van der Waals surface area contributed by atoms with E-state index in [9.17, 15) is 22.4 Å². The van der Waals surface area contributed by atoms with Crippen molar-refractivity contribution in [3.8, 4) is 5.75 Å². The minimum atomic E-state index is -3.68. The Bertz CT molecular complexity index is 1420. The number of carbonyl (C=O) groups excluding carboxylic acids is 2. The van der Waals surface area contributed by atoms with Crippen LogP contribution >= 0.6 is 0 Å². The largest absolute Gasteiger partial charge is 0.497 e. The van der Waals surface area contributed by atoms with Crippen LogP contribution in [0.3, 0.4) is 0 Å². The van der Waals surface area contributed by atoms with Gasteiger partial charge < -0.3 is 15.0 Å². The number of nitrogens with one attached hydrogen (secondary N) is 1. The van der Waals surface area contributed by atoms with Crippen LogP contribution in [0.25, 0.3) is 0 Å². The van der Waals surface area contributed by atoms with Crippen LogP contribution in [-0.2, 0) is 32.6 Å². The third-order valence-corrected chi connectivity index (χ3v) is 7.90. The molecule has 0 spiro atoms. The number of hydrogen-bond acceptors (Lipinski definition) is 5. The van der Waals surface area contributed by atoms with Crippen LogP contribution in [0.5, 0.6) is 5.75 Å². The molecule has 0 bridgehead atoms. The lowest BCUT2D eigenvalue weighted by Crippen LogP contribution is -2.51. The Morgan fingerprint density at radius 3 is 2.24 bits per heavy atom. The van der Waals surface area contributed by atoms with Crippen molar-refractivity contribution in [2.75, 3.05) is 30.8 Å². The van der Waals surface area contributed by atoms with Gasteiger partial charge in [-0.2, -0.15) is 0 Å². The van der Waals surface area contributed by atoms with Crippen LogP contribution in [-0.4, -0.2) is 57.6 Å². The molecular formula is C32H40FN3O5S. The first kappa shape index (κ1) is 32.6. The maximum atomic E-state index is 13.9. The van der Waals surface area contributed by atoms with Crippen molar-refractivity contribution in [3.05, 3.63) is 95.8 Å². The van der Waals surface area contributed by atoms with E-state index in [1.165, 1.54) is 24.3 Å². The second-order valence-electron chi connectivity index (χ2n) is 10.6. The third kappa shape index (κ3) is 9.87. The van der Waals surface area contributed by atoms with Crippen molar-refractivity contribution in [2.24, 2.45) is 5.92 Å². The summed E-state index contributed by atoms with van der Waals surface area (Å²) < 4.78 is 45.0. The Morgan fingerprint density at radius 2 is 1.62 bits per heavy atom. The SMILES string of the molecule is COc1cccc(CN(C(=O)CCCN(c2ccc(F)cc2)S(C)(=O)=O)[C@H](Cc2ccccc2)C(=O)NCC(C)C)c1. The average Bonchev–Trinajstić information content (AvgIpc) is 2.96. The number of rotatable bonds is 15. The second kappa shape index (κ2) is 15.3. The first-order chi connectivity index (χ1) is 20.0. The van der Waals surface area contributed by atoms with E-state index in [1.807, 2.05) is 68.4 Å². The lowest BCUT2D eigenvalue weighted by Gasteiger charge is -2.32. The van der Waals surface area contributed by atoms with Gasteiger partial charge in [0, 0.05) is 32.5 Å². The number of anilines is 1. The first-order valence-corrected chi connectivity index (χ1v) is 15.8. The predicted octanol–water partition coefficient (Wildman–Crippen LogP) is 4.79. The molecule has 226 valence electrons. The molecule has 8 nitrogen and oxygen atoms in total. The summed E-state index contributed by atoms with van der Waals surface area (Å²) >= 11 is 0. The molecule has 10 heteroatoms. The van der Waals surface area contributed by atoms with Crippen LogP contribution in [0.4, 0.5) is 10.1 Å². The zero-order chi connectivity index (χ0) is 30.7. The van der Waals surface area contributed by atoms with Crippen LogP contribution in [0, 0.1) is 11.7 Å². The topological polar surface area (TPSA) is 96.0 Å². The van der Waals surface area contributed by atoms with E-state index in [-0.39, 0.29) is 43.7 Å². The van der Waals surface area contributed by atoms with E-state index >= 15 is 0 Å². The van der Waals surface area contributed by atoms with E-state index in [2.05, 4.69) is 5.32 Å². The fraction of sp³-hybridized carbons (Fsp3) is 0.375. The zero-order valence-electron chi connectivity index (χ0n) is 24.6. The molecule has 0 radical (unpaired) electrons. The summed E-state index contributed by atoms with van der Waals surface area (Å²) in [6.45, 7) is 4.65. The molecular weight excluding hydrogens is 557 g/mol. The molecule has 0 saturated carbocycles. The van der Waals surface area contributed by atoms with Crippen LogP contribution in [0.2, 0.25) is 0 Å². The minimum absolute atomic E-state index is 0.0000661. The highest BCUT2D eigenvalue weighted by molar-refractivity contribution is 7.92. The molecule has 0 aliphatic heterocycles. The Morgan fingerprint density at radius 1 is 0.952 bits per heavy atom. The number of hydrogen-bond donors (Lipinski definition) is 1. The zero-order valence-corrected chi connectivity index (χ0v) is 25.4. The molecule has 1 atom stereocenters. The van der Waals surface area contributed by atoms with Gasteiger partial charge in [0.05, 0.1) is 19.1 Å². The Labute approximate surface area is 248 Å². The van der Waals surface area contributed by atoms with Crippen molar-refractivity contribution < 1.29 is 27.1 Å². The minimum Gasteiger partial charge on any atom is -0.497 e. The highest BCUT2D eigenvalue weighted by Crippen LogP contribution is 2.22. The fourth-order valence-electron chi connectivity index (χ4n) is 4.56. The molecule has 2 amide bonds. The number of halogens is 1. The van der Waals surface area contributed by atoms with Crippen molar-refractivity contribution >= 4 is 27.5 Å². The van der Waals surface area contributed by atoms with E-state index in [1.54, 1.807) is 12.0 Å². The Balaban J connectivity index is 1.89. The van der Waals surface area contributed by atoms with Gasteiger partial charge in [0.15, 0.2) is 0 Å². The van der Waals surface area contributed by atoms with Gasteiger partial charge in [-0.1, -0.05) is 56.3 Å². The van der Waals surface area contributed by atoms with Gasteiger partial charge in [0.2, 0.25) is 21.8 Å². The van der Waals surface area contributed by atoms with Gasteiger partial charge in [0.1, 0.15) is 17.6 Å². The Hall–Kier alpha value is -3.92. The summed E-state index contributed by atoms with van der Waals surface area (Å²) in [5.41, 5.74) is 2.02. The maximum Gasteiger partial charge on any atom is 0.243 e. The first-order valence-electron chi connectivity index (χ1n) is 13.9. The van der Waals surface area contributed by atoms with Gasteiger partial charge >= 0.3 is 0 Å². The molecule has 0 aliphatic rings. The number of carbonyl (C=O) groups is 2. The smallest absolute Gasteiger partial charge is 0.243 e. The van der Waals surface area contributed by atoms with Crippen molar-refractivity contribution in [2.45, 2.75) is 45.7 Å². The number of amides is 2. The van der Waals surface area contributed by atoms with Gasteiger partial charge in [-0.15, -0.1) is 0 Å². The van der Waals surface area contributed by atoms with Crippen LogP contribution in [0.1, 0.15) is 37.8 Å². The Kier molecular flexibility index (Phi) is 11.9. The number of benzene rings is 3. The lowest BCUT2D eigenvalue weighted by atomic mass is 10.0. The van der Waals surface area contributed by atoms with Crippen molar-refractivity contribution in [3.63, 3.8) is 0 Å². The number of ether oxygens (including phenoxy) is 1. The maximum absolute atomic E-state index is 13.9. The fourth-order valence-corrected chi connectivity index (χ4v) is 5.52. The van der Waals surface area contributed by atoms with Crippen LogP contribution in [0.15, 0.2) is 78.9 Å². The summed E-state index contributed by atoms with van der Waals surface area (Å²) in [6, 6.07) is 21.2. The van der Waals surface area contributed by atoms with Gasteiger partial charge in [0.25, 0.3) is 0 Å². The molecule has 3 aromatic rings. The second-order valence-corrected chi connectivity index (χ2v) is 12.5. The van der Waals surface area contributed by atoms with Crippen molar-refractivity contribution in [1.29, 1.82) is 0 Å². The highest BCUT2D eigenvalue weighted by atomic mass is 32.2. The van der Waals surface area contributed by atoms with E-state index < -0.39 is 21.9 Å². The number of sulfonamides is 1. The standard InChI is InChI=1S/C32H40FN3O5S/c1-24(2)22-34-32(38)30(21-25-10-6-5-7-11-25)35(23-26-12-8-13-29(20-26)41-3)31(37)14-9-19-36(42(4,39)40)28-17-15-27(33)16-18-28/h5-8,10-13,15-18,20,24,30H,9,14,19,21-23H2,1-4H3,(H,34,38)/t30-/m1/s1. The molecule has 42 heavy (non-hydrogen) atoms. The molecule has 3 aromatic carbocycles. The van der Waals surface area contributed by atoms with Gasteiger partial charge in [-0.05, 0) is 59.9 Å². The third-order valence-electron chi connectivity index (χ3n) is 6.71. The van der Waals surface area contributed by atoms with E-state index in [4.69, 9.17) is 4.74 Å². The molecule has 1 N–H and O–H groups in total. The molecule has 0 saturated heterocycles. The molecule has 0 aromatic heterocycles. The average molecular weight is 598 g/mol. The molecule has 3 rings (SSSR count). The van der Waals surface area contributed by atoms with E-state index in [0.29, 0.717) is 24.4 Å². The van der Waals surface area contributed by atoms with Gasteiger partial charge in [-0.3, -0.25) is 13.9 Å². The normalized spacial score (nSPS) is 12.0. The monoisotopic (exact) mass is 597 g/mol. The molecule has 0 heterocycles. The summed E-state index contributed by atoms with van der Waals surface area (Å²) in [5.74, 6) is -0.163.